The third-order valence-electron chi connectivity index (χ3n) is 7.35. The van der Waals surface area contributed by atoms with Gasteiger partial charge in [0.05, 0.1) is 17.8 Å². The maximum Gasteiger partial charge on any atom is 0.410 e. The van der Waals surface area contributed by atoms with Gasteiger partial charge in [0, 0.05) is 44.6 Å². The highest BCUT2D eigenvalue weighted by molar-refractivity contribution is 5.68. The summed E-state index contributed by atoms with van der Waals surface area (Å²) in [5.74, 6) is 0.363. The maximum absolute atomic E-state index is 14.6. The summed E-state index contributed by atoms with van der Waals surface area (Å²) in [6.07, 6.45) is 0.916. The van der Waals surface area contributed by atoms with Crippen LogP contribution in [-0.4, -0.2) is 63.7 Å². The van der Waals surface area contributed by atoms with Crippen LogP contribution in [0.15, 0.2) is 54.9 Å². The van der Waals surface area contributed by atoms with Gasteiger partial charge in [-0.15, -0.1) is 0 Å². The Morgan fingerprint density at radius 2 is 1.80 bits per heavy atom. The number of fused-ring (bicyclic) bond motifs is 2. The summed E-state index contributed by atoms with van der Waals surface area (Å²) < 4.78 is 26.8. The van der Waals surface area contributed by atoms with Gasteiger partial charge in [-0.05, 0) is 45.4 Å². The number of nitrogens with one attached hydrogen (secondary N) is 1. The number of piperidine rings is 2. The molecule has 41 heavy (non-hydrogen) atoms. The van der Waals surface area contributed by atoms with Crippen molar-refractivity contribution in [2.75, 3.05) is 31.5 Å². The number of ether oxygens (including phenoxy) is 2. The molecule has 2 atom stereocenters. The number of hydrogen-bond donors (Lipinski definition) is 1. The molecule has 3 aromatic rings. The molecule has 2 bridgehead atoms. The molecule has 1 N–H and O–H groups in total. The minimum atomic E-state index is -0.573. The Bertz CT molecular complexity index is 1420. The summed E-state index contributed by atoms with van der Waals surface area (Å²) >= 11 is 0. The van der Waals surface area contributed by atoms with Crippen LogP contribution in [0.3, 0.4) is 0 Å². The van der Waals surface area contributed by atoms with Gasteiger partial charge in [-0.25, -0.2) is 24.0 Å². The molecule has 0 radical (unpaired) electrons. The van der Waals surface area contributed by atoms with E-state index in [2.05, 4.69) is 37.2 Å². The van der Waals surface area contributed by atoms with E-state index in [1.807, 2.05) is 45.9 Å². The monoisotopic (exact) mass is 558 g/mol. The first kappa shape index (κ1) is 28.3. The number of halogens is 1. The Morgan fingerprint density at radius 1 is 1.10 bits per heavy atom. The first-order chi connectivity index (χ1) is 19.6. The summed E-state index contributed by atoms with van der Waals surface area (Å²) in [5, 5.41) is 3.01. The highest BCUT2D eigenvalue weighted by Crippen LogP contribution is 2.35. The summed E-state index contributed by atoms with van der Waals surface area (Å²) in [6, 6.07) is 14.6. The first-order valence-corrected chi connectivity index (χ1v) is 13.8. The minimum absolute atomic E-state index is 0.0307. The fourth-order valence-corrected chi connectivity index (χ4v) is 5.54. The zero-order valence-corrected chi connectivity index (χ0v) is 23.8. The number of hydrogen-bond acceptors (Lipinski definition) is 7. The van der Waals surface area contributed by atoms with E-state index < -0.39 is 11.4 Å². The van der Waals surface area contributed by atoms with E-state index in [1.165, 1.54) is 24.0 Å². The molecule has 2 saturated heterocycles. The Kier molecular flexibility index (Phi) is 8.08. The fourth-order valence-electron chi connectivity index (χ4n) is 5.54. The predicted octanol–water partition coefficient (Wildman–Crippen LogP) is 5.96. The van der Waals surface area contributed by atoms with Crippen molar-refractivity contribution in [3.63, 3.8) is 0 Å². The Hall–Kier alpha value is -4.23. The van der Waals surface area contributed by atoms with Crippen LogP contribution in [0.4, 0.5) is 26.4 Å². The maximum atomic E-state index is 14.6. The quantitative estimate of drug-likeness (QED) is 0.374. The smallest absolute Gasteiger partial charge is 0.410 e. The molecule has 1 amide bonds. The number of benzene rings is 2. The van der Waals surface area contributed by atoms with E-state index in [9.17, 15) is 9.18 Å². The first-order valence-electron chi connectivity index (χ1n) is 13.8. The number of aromatic nitrogens is 2. The molecule has 2 aliphatic rings. The van der Waals surface area contributed by atoms with Crippen LogP contribution in [0.5, 0.6) is 5.88 Å². The number of anilines is 2. The molecule has 2 fully saturated rings. The van der Waals surface area contributed by atoms with Crippen LogP contribution in [0.2, 0.25) is 0 Å². The van der Waals surface area contributed by atoms with Crippen LogP contribution in [0, 0.1) is 31.1 Å². The van der Waals surface area contributed by atoms with Crippen molar-refractivity contribution >= 4 is 23.3 Å². The SMILES string of the molecule is [C-]#[N+]c1ccc(Nc2ncnc(OC3C4CN(Cc5ccccc5)CC3CN(C(=O)OC(C)(C)C)C4)c2C)c(F)c1. The summed E-state index contributed by atoms with van der Waals surface area (Å²) in [6.45, 7) is 17.9. The molecular formula is C31H35FN6O3. The average Bonchev–Trinajstić information content (AvgIpc) is 2.91. The number of amides is 1. The molecule has 2 aliphatic heterocycles. The van der Waals surface area contributed by atoms with E-state index in [1.54, 1.807) is 11.0 Å². The minimum Gasteiger partial charge on any atom is -0.473 e. The van der Waals surface area contributed by atoms with Gasteiger partial charge < -0.3 is 19.7 Å². The second-order valence-corrected chi connectivity index (χ2v) is 11.7. The molecule has 10 heteroatoms. The van der Waals surface area contributed by atoms with Crippen molar-refractivity contribution < 1.29 is 18.7 Å². The van der Waals surface area contributed by atoms with Crippen molar-refractivity contribution in [3.8, 4) is 5.88 Å². The lowest BCUT2D eigenvalue weighted by atomic mass is 9.81. The summed E-state index contributed by atoms with van der Waals surface area (Å²) in [5.41, 5.74) is 1.75. The van der Waals surface area contributed by atoms with Crippen LogP contribution in [0.25, 0.3) is 4.85 Å². The van der Waals surface area contributed by atoms with Crippen LogP contribution >= 0.6 is 0 Å². The lowest BCUT2D eigenvalue weighted by Gasteiger charge is -2.50. The van der Waals surface area contributed by atoms with Crippen molar-refractivity contribution in [1.82, 2.24) is 19.8 Å². The molecule has 0 spiro atoms. The molecule has 2 aromatic carbocycles. The second-order valence-electron chi connectivity index (χ2n) is 11.7. The third-order valence-corrected chi connectivity index (χ3v) is 7.35. The Morgan fingerprint density at radius 3 is 2.44 bits per heavy atom. The van der Waals surface area contributed by atoms with Gasteiger partial charge in [0.1, 0.15) is 29.7 Å². The topological polar surface area (TPSA) is 84.2 Å². The Balaban J connectivity index is 1.35. The average molecular weight is 559 g/mol. The van der Waals surface area contributed by atoms with Gasteiger partial charge in [-0.3, -0.25) is 4.90 Å². The van der Waals surface area contributed by atoms with Gasteiger partial charge in [0.15, 0.2) is 5.69 Å². The van der Waals surface area contributed by atoms with Crippen LogP contribution in [0.1, 0.15) is 31.9 Å². The highest BCUT2D eigenvalue weighted by atomic mass is 19.1. The van der Waals surface area contributed by atoms with Gasteiger partial charge in [0.25, 0.3) is 0 Å². The zero-order chi connectivity index (χ0) is 29.1. The fraction of sp³-hybridized carbons (Fsp3) is 0.419. The molecule has 0 aliphatic carbocycles. The molecule has 1 aromatic heterocycles. The normalized spacial score (nSPS) is 20.7. The number of likely N-dealkylation sites (tertiary alicyclic amines) is 2. The number of carbonyl (C=O) groups is 1. The molecule has 3 heterocycles. The summed E-state index contributed by atoms with van der Waals surface area (Å²) in [4.78, 5) is 29.2. The van der Waals surface area contributed by atoms with E-state index in [4.69, 9.17) is 16.0 Å². The highest BCUT2D eigenvalue weighted by Gasteiger charge is 2.46. The van der Waals surface area contributed by atoms with Crippen molar-refractivity contribution in [1.29, 1.82) is 0 Å². The largest absolute Gasteiger partial charge is 0.473 e. The van der Waals surface area contributed by atoms with Gasteiger partial charge >= 0.3 is 6.09 Å². The number of carbonyl (C=O) groups excluding carboxylic acids is 1. The molecule has 2 unspecified atom stereocenters. The van der Waals surface area contributed by atoms with Crippen molar-refractivity contribution in [3.05, 3.63) is 83.2 Å². The molecule has 9 nitrogen and oxygen atoms in total. The van der Waals surface area contributed by atoms with E-state index >= 15 is 0 Å². The summed E-state index contributed by atoms with van der Waals surface area (Å²) in [7, 11) is 0. The third kappa shape index (κ3) is 6.74. The second kappa shape index (κ2) is 11.7. The number of rotatable bonds is 6. The predicted molar refractivity (Wildman–Crippen MR) is 154 cm³/mol. The van der Waals surface area contributed by atoms with Gasteiger partial charge in [0.2, 0.25) is 5.88 Å². The van der Waals surface area contributed by atoms with Gasteiger partial charge in [-0.1, -0.05) is 36.4 Å². The van der Waals surface area contributed by atoms with Gasteiger partial charge in [-0.2, -0.15) is 0 Å². The number of nitrogens with zero attached hydrogens (tertiary/aromatic N) is 5. The molecule has 214 valence electrons. The lowest BCUT2D eigenvalue weighted by Crippen LogP contribution is -2.62. The van der Waals surface area contributed by atoms with Crippen molar-refractivity contribution in [2.45, 2.75) is 45.9 Å². The van der Waals surface area contributed by atoms with Crippen molar-refractivity contribution in [2.24, 2.45) is 11.8 Å². The van der Waals surface area contributed by atoms with E-state index in [0.717, 1.165) is 19.6 Å². The molecule has 5 rings (SSSR count). The lowest BCUT2D eigenvalue weighted by molar-refractivity contribution is -0.0722. The van der Waals surface area contributed by atoms with Crippen LogP contribution in [-0.2, 0) is 11.3 Å². The van der Waals surface area contributed by atoms with Crippen LogP contribution < -0.4 is 10.1 Å². The van der Waals surface area contributed by atoms with E-state index in [-0.39, 0.29) is 35.4 Å². The standard InChI is InChI=1S/C31H35FN6O3/c1-20-28(36-26-12-11-24(33-5)13-25(26)32)34-19-35-29(20)40-27-22-15-37(14-21-9-7-6-8-10-21)16-23(27)18-38(17-22)30(39)41-31(2,3)4/h6-13,19,22-23,27H,14-18H2,1-4H3,(H,34,35,36). The molecular weight excluding hydrogens is 523 g/mol. The zero-order valence-electron chi connectivity index (χ0n) is 23.8. The molecule has 0 saturated carbocycles. The van der Waals surface area contributed by atoms with E-state index in [0.29, 0.717) is 30.4 Å². The Labute approximate surface area is 240 Å².